The van der Waals surface area contributed by atoms with E-state index in [0.717, 1.165) is 6.42 Å². The Labute approximate surface area is 171 Å². The van der Waals surface area contributed by atoms with Crippen LogP contribution in [0, 0.1) is 0 Å². The van der Waals surface area contributed by atoms with Crippen molar-refractivity contribution in [3.05, 3.63) is 0 Å². The number of methoxy groups -OCH3 is 1. The van der Waals surface area contributed by atoms with E-state index in [-0.39, 0.29) is 17.8 Å². The van der Waals surface area contributed by atoms with Gasteiger partial charge in [-0.2, -0.15) is 0 Å². The molecule has 1 saturated carbocycles. The molecule has 2 aliphatic rings. The third-order valence-corrected chi connectivity index (χ3v) is 13.2. The van der Waals surface area contributed by atoms with Crippen molar-refractivity contribution >= 4 is 20.0 Å². The lowest BCUT2D eigenvalue weighted by molar-refractivity contribution is -0.254. The summed E-state index contributed by atoms with van der Waals surface area (Å²) in [6.07, 6.45) is 1.92. The summed E-state index contributed by atoms with van der Waals surface area (Å²) < 4.78 is 12.5. The Morgan fingerprint density at radius 3 is 2.04 bits per heavy atom. The zero-order valence-corrected chi connectivity index (χ0v) is 19.9. The van der Waals surface area contributed by atoms with E-state index in [1.807, 2.05) is 0 Å². The van der Waals surface area contributed by atoms with Crippen molar-refractivity contribution in [3.63, 3.8) is 0 Å². The molecule has 1 aliphatic heterocycles. The number of hydroxylamine groups is 2. The molecule has 6 nitrogen and oxygen atoms in total. The lowest BCUT2D eigenvalue weighted by Gasteiger charge is -2.54. The Kier molecular flexibility index (Phi) is 7.51. The van der Waals surface area contributed by atoms with Crippen LogP contribution in [0.25, 0.3) is 0 Å². The molecule has 1 amide bonds. The molecule has 28 heavy (non-hydrogen) atoms. The van der Waals surface area contributed by atoms with Crippen molar-refractivity contribution in [2.45, 2.75) is 108 Å². The molecule has 1 unspecified atom stereocenters. The molecule has 1 spiro atoms. The Hall–Kier alpha value is -0.763. The first-order valence-electron chi connectivity index (χ1n) is 10.7. The van der Waals surface area contributed by atoms with E-state index in [9.17, 15) is 9.59 Å². The molecule has 1 heterocycles. The van der Waals surface area contributed by atoms with Gasteiger partial charge in [0, 0.05) is 20.0 Å². The molecule has 2 rings (SSSR count). The second-order valence-electron chi connectivity index (χ2n) is 9.35. The SMILES string of the molecule is COC1CC(=O)CC[C@]12CC[C@@H](O[Si](C(C)C)(C(C)C)C(C)C)C(=O)N2OC. The van der Waals surface area contributed by atoms with Crippen LogP contribution in [0.2, 0.25) is 16.6 Å². The molecule has 0 aromatic rings. The number of hydrogen-bond acceptors (Lipinski definition) is 5. The highest BCUT2D eigenvalue weighted by atomic mass is 28.4. The van der Waals surface area contributed by atoms with Crippen molar-refractivity contribution in [2.24, 2.45) is 0 Å². The van der Waals surface area contributed by atoms with Crippen LogP contribution in [-0.4, -0.2) is 57.0 Å². The molecule has 2 fully saturated rings. The van der Waals surface area contributed by atoms with Crippen molar-refractivity contribution < 1.29 is 23.6 Å². The number of Topliss-reactive ketones (excluding diaryl/α,β-unsaturated/α-hetero) is 1. The molecule has 0 aromatic heterocycles. The average Bonchev–Trinajstić information content (AvgIpc) is 2.62. The molecule has 0 N–H and O–H groups in total. The third kappa shape index (κ3) is 3.83. The predicted octanol–water partition coefficient (Wildman–Crippen LogP) is 4.24. The molecule has 0 radical (unpaired) electrons. The monoisotopic (exact) mass is 413 g/mol. The summed E-state index contributed by atoms with van der Waals surface area (Å²) in [4.78, 5) is 31.1. The van der Waals surface area contributed by atoms with Crippen LogP contribution in [0.4, 0.5) is 0 Å². The highest BCUT2D eigenvalue weighted by Crippen LogP contribution is 2.47. The molecule has 1 saturated heterocycles. The summed E-state index contributed by atoms with van der Waals surface area (Å²) in [6, 6.07) is 0. The second-order valence-corrected chi connectivity index (χ2v) is 14.8. The largest absolute Gasteiger partial charge is 0.404 e. The van der Waals surface area contributed by atoms with Gasteiger partial charge in [-0.25, -0.2) is 5.06 Å². The van der Waals surface area contributed by atoms with E-state index < -0.39 is 20.0 Å². The minimum Gasteiger partial charge on any atom is -0.404 e. The number of amides is 1. The molecular weight excluding hydrogens is 374 g/mol. The standard InChI is InChI=1S/C21H39NO5Si/c1-14(2)28(15(3)4,16(5)6)27-18-10-12-21(22(26-8)20(18)24)11-9-17(23)13-19(21)25-7/h14-16,18-19H,9-13H2,1-8H3/t18-,19?,21+/m1/s1. The highest BCUT2D eigenvalue weighted by Gasteiger charge is 2.57. The van der Waals surface area contributed by atoms with Gasteiger partial charge in [0.2, 0.25) is 8.32 Å². The summed E-state index contributed by atoms with van der Waals surface area (Å²) in [5.41, 5.74) is 0.648. The number of hydrogen-bond donors (Lipinski definition) is 0. The van der Waals surface area contributed by atoms with Gasteiger partial charge in [-0.15, -0.1) is 0 Å². The van der Waals surface area contributed by atoms with E-state index in [1.54, 1.807) is 7.11 Å². The third-order valence-electron chi connectivity index (χ3n) is 7.09. The number of ketones is 1. The van der Waals surface area contributed by atoms with E-state index >= 15 is 0 Å². The van der Waals surface area contributed by atoms with E-state index in [4.69, 9.17) is 14.0 Å². The maximum absolute atomic E-state index is 13.5. The van der Waals surface area contributed by atoms with Crippen molar-refractivity contribution in [3.8, 4) is 0 Å². The van der Waals surface area contributed by atoms with Crippen LogP contribution in [0.15, 0.2) is 0 Å². The average molecular weight is 414 g/mol. The highest BCUT2D eigenvalue weighted by molar-refractivity contribution is 6.77. The minimum atomic E-state index is -2.18. The topological polar surface area (TPSA) is 65.1 Å². The first kappa shape index (κ1) is 23.5. The zero-order valence-electron chi connectivity index (χ0n) is 18.9. The van der Waals surface area contributed by atoms with Gasteiger partial charge < -0.3 is 9.16 Å². The first-order chi connectivity index (χ1) is 13.1. The Morgan fingerprint density at radius 2 is 1.57 bits per heavy atom. The number of carbonyl (C=O) groups is 2. The summed E-state index contributed by atoms with van der Waals surface area (Å²) in [5, 5.41) is 1.49. The van der Waals surface area contributed by atoms with Gasteiger partial charge in [0.05, 0.1) is 18.8 Å². The minimum absolute atomic E-state index is 0.121. The first-order valence-corrected chi connectivity index (χ1v) is 12.8. The van der Waals surface area contributed by atoms with Crippen molar-refractivity contribution in [1.82, 2.24) is 5.06 Å². The quantitative estimate of drug-likeness (QED) is 0.584. The number of nitrogens with zero attached hydrogens (tertiary/aromatic N) is 1. The van der Waals surface area contributed by atoms with Gasteiger partial charge >= 0.3 is 0 Å². The smallest absolute Gasteiger partial charge is 0.274 e. The summed E-state index contributed by atoms with van der Waals surface area (Å²) in [6.45, 7) is 13.4. The van der Waals surface area contributed by atoms with Crippen LogP contribution in [0.3, 0.4) is 0 Å². The van der Waals surface area contributed by atoms with Crippen LogP contribution in [-0.2, 0) is 23.6 Å². The molecule has 0 aromatic carbocycles. The predicted molar refractivity (Wildman–Crippen MR) is 111 cm³/mol. The summed E-state index contributed by atoms with van der Waals surface area (Å²) >= 11 is 0. The van der Waals surface area contributed by atoms with Crippen LogP contribution in [0.1, 0.15) is 73.6 Å². The molecular formula is C21H39NO5Si. The molecule has 1 aliphatic carbocycles. The normalized spacial score (nSPS) is 29.6. The van der Waals surface area contributed by atoms with Crippen molar-refractivity contribution in [1.29, 1.82) is 0 Å². The summed E-state index contributed by atoms with van der Waals surface area (Å²) in [7, 11) is 0.957. The van der Waals surface area contributed by atoms with E-state index in [1.165, 1.54) is 12.2 Å². The van der Waals surface area contributed by atoms with Gasteiger partial charge in [-0.1, -0.05) is 41.5 Å². The molecule has 7 heteroatoms. The fraction of sp³-hybridized carbons (Fsp3) is 0.905. The van der Waals surface area contributed by atoms with Crippen LogP contribution < -0.4 is 0 Å². The van der Waals surface area contributed by atoms with E-state index in [2.05, 4.69) is 41.5 Å². The Bertz CT molecular complexity index is 557. The number of ether oxygens (including phenoxy) is 1. The Morgan fingerprint density at radius 1 is 1.00 bits per heavy atom. The van der Waals surface area contributed by atoms with E-state index in [0.29, 0.717) is 42.3 Å². The summed E-state index contributed by atoms with van der Waals surface area (Å²) in [5.74, 6) is 0.0640. The van der Waals surface area contributed by atoms with Gasteiger partial charge in [0.15, 0.2) is 0 Å². The van der Waals surface area contributed by atoms with Crippen LogP contribution in [0.5, 0.6) is 0 Å². The van der Waals surface area contributed by atoms with Gasteiger partial charge in [0.1, 0.15) is 11.9 Å². The van der Waals surface area contributed by atoms with Crippen molar-refractivity contribution in [2.75, 3.05) is 14.2 Å². The number of carbonyl (C=O) groups excluding carboxylic acids is 2. The molecule has 162 valence electrons. The molecule has 0 bridgehead atoms. The van der Waals surface area contributed by atoms with Gasteiger partial charge in [-0.3, -0.25) is 14.4 Å². The van der Waals surface area contributed by atoms with Gasteiger partial charge in [-0.05, 0) is 35.9 Å². The van der Waals surface area contributed by atoms with Crippen LogP contribution >= 0.6 is 0 Å². The Balaban J connectivity index is 2.33. The maximum Gasteiger partial charge on any atom is 0.274 e. The maximum atomic E-state index is 13.5. The zero-order chi connectivity index (χ0) is 21.3. The second kappa shape index (κ2) is 8.94. The number of piperidine rings is 1. The fourth-order valence-electron chi connectivity index (χ4n) is 5.83. The van der Waals surface area contributed by atoms with Gasteiger partial charge in [0.25, 0.3) is 5.91 Å². The molecule has 3 atom stereocenters. The lowest BCUT2D eigenvalue weighted by atomic mass is 9.72. The lowest BCUT2D eigenvalue weighted by Crippen LogP contribution is -2.67. The number of rotatable bonds is 7. The fourth-order valence-corrected chi connectivity index (χ4v) is 11.4.